The molecule has 1 unspecified atom stereocenters. The van der Waals surface area contributed by atoms with Crippen LogP contribution in [0, 0.1) is 0 Å². The molecule has 11 heavy (non-hydrogen) atoms. The summed E-state index contributed by atoms with van der Waals surface area (Å²) in [4.78, 5) is 6.89. The number of nitrogens with zero attached hydrogens (tertiary/aromatic N) is 1. The first kappa shape index (κ1) is 6.54. The van der Waals surface area contributed by atoms with E-state index in [4.69, 9.17) is 17.3 Å². The molecule has 4 nitrogen and oxygen atoms in total. The van der Waals surface area contributed by atoms with Crippen LogP contribution in [0.2, 0.25) is 0 Å². The van der Waals surface area contributed by atoms with Crippen LogP contribution in [0.4, 0.5) is 5.82 Å². The number of fused-ring (bicyclic) bond motifs is 1. The molecule has 1 atom stereocenters. The molecule has 0 amide bonds. The zero-order valence-electron chi connectivity index (χ0n) is 5.63. The third-order valence-electron chi connectivity index (χ3n) is 1.54. The highest BCUT2D eigenvalue weighted by Crippen LogP contribution is 2.30. The number of nitrogens with one attached hydrogen (secondary N) is 2. The van der Waals surface area contributed by atoms with Gasteiger partial charge in [-0.3, -0.25) is 0 Å². The predicted octanol–water partition coefficient (Wildman–Crippen LogP) is 0.992. The molecule has 0 saturated carbocycles. The highest BCUT2D eigenvalue weighted by molar-refractivity contribution is 6.22. The summed E-state index contributed by atoms with van der Waals surface area (Å²) >= 11 is 5.86. The van der Waals surface area contributed by atoms with Crippen molar-refractivity contribution in [1.82, 2.24) is 4.98 Å². The van der Waals surface area contributed by atoms with Gasteiger partial charge in [-0.05, 0) is 6.07 Å². The van der Waals surface area contributed by atoms with Gasteiger partial charge in [0.05, 0.1) is 0 Å². The maximum Gasteiger partial charge on any atom is 0.196 e. The fraction of sp³-hybridized carbons (Fsp3) is 0.167. The molecule has 2 rings (SSSR count). The van der Waals surface area contributed by atoms with Crippen LogP contribution in [0.3, 0.4) is 0 Å². The molecule has 1 aliphatic rings. The number of anilines is 1. The van der Waals surface area contributed by atoms with Gasteiger partial charge in [0.25, 0.3) is 0 Å². The van der Waals surface area contributed by atoms with Crippen LogP contribution < -0.4 is 11.1 Å². The Labute approximate surface area is 68.5 Å². The number of H-pyrrole nitrogens is 1. The Bertz CT molecular complexity index is 303. The number of rotatable bonds is 0. The zero-order chi connectivity index (χ0) is 7.84. The molecule has 0 saturated heterocycles. The van der Waals surface area contributed by atoms with Crippen LogP contribution in [0.25, 0.3) is 0 Å². The largest absolute Gasteiger partial charge is 0.370 e. The monoisotopic (exact) mass is 170 g/mol. The Morgan fingerprint density at radius 1 is 1.64 bits per heavy atom. The van der Waals surface area contributed by atoms with Crippen molar-refractivity contribution >= 4 is 23.4 Å². The Morgan fingerprint density at radius 3 is 3.27 bits per heavy atom. The van der Waals surface area contributed by atoms with Gasteiger partial charge in [-0.2, -0.15) is 0 Å². The lowest BCUT2D eigenvalue weighted by Gasteiger charge is -2.14. The summed E-state index contributed by atoms with van der Waals surface area (Å²) in [6, 6.07) is 1.87. The SMILES string of the molecule is NC1=NC(Cl)c2cc[nH]c2N1. The zero-order valence-corrected chi connectivity index (χ0v) is 6.39. The van der Waals surface area contributed by atoms with Crippen molar-refractivity contribution in [2.45, 2.75) is 5.50 Å². The molecule has 4 N–H and O–H groups in total. The number of aromatic nitrogens is 1. The van der Waals surface area contributed by atoms with Crippen LogP contribution in [0.15, 0.2) is 17.3 Å². The van der Waals surface area contributed by atoms with Gasteiger partial charge in [-0.25, -0.2) is 4.99 Å². The molecule has 1 aliphatic heterocycles. The lowest BCUT2D eigenvalue weighted by atomic mass is 10.3. The van der Waals surface area contributed by atoms with Gasteiger partial charge >= 0.3 is 0 Å². The summed E-state index contributed by atoms with van der Waals surface area (Å²) in [7, 11) is 0. The van der Waals surface area contributed by atoms with Crippen molar-refractivity contribution in [3.05, 3.63) is 17.8 Å². The molecule has 2 heterocycles. The first-order chi connectivity index (χ1) is 5.27. The van der Waals surface area contributed by atoms with Crippen molar-refractivity contribution in [2.24, 2.45) is 10.7 Å². The van der Waals surface area contributed by atoms with Gasteiger partial charge in [0.2, 0.25) is 0 Å². The van der Waals surface area contributed by atoms with E-state index in [-0.39, 0.29) is 5.50 Å². The van der Waals surface area contributed by atoms with E-state index in [1.807, 2.05) is 6.07 Å². The van der Waals surface area contributed by atoms with E-state index in [1.165, 1.54) is 0 Å². The number of guanidine groups is 1. The standard InChI is InChI=1S/C6H7ClN4/c7-4-3-1-2-9-5(3)11-6(8)10-4/h1-2,4,9H,(H3,8,10,11). The minimum atomic E-state index is -0.363. The van der Waals surface area contributed by atoms with Crippen molar-refractivity contribution in [1.29, 1.82) is 0 Å². The van der Waals surface area contributed by atoms with E-state index in [2.05, 4.69) is 15.3 Å². The smallest absolute Gasteiger partial charge is 0.196 e. The molecule has 0 spiro atoms. The summed E-state index contributed by atoms with van der Waals surface area (Å²) in [5, 5.41) is 2.86. The Kier molecular flexibility index (Phi) is 1.29. The number of nitrogens with two attached hydrogens (primary N) is 1. The predicted molar refractivity (Wildman–Crippen MR) is 44.6 cm³/mol. The summed E-state index contributed by atoms with van der Waals surface area (Å²) in [5.74, 6) is 1.18. The second kappa shape index (κ2) is 2.17. The summed E-state index contributed by atoms with van der Waals surface area (Å²) in [6.45, 7) is 0. The topological polar surface area (TPSA) is 66.2 Å². The Morgan fingerprint density at radius 2 is 2.45 bits per heavy atom. The van der Waals surface area contributed by atoms with E-state index >= 15 is 0 Å². The normalized spacial score (nSPS) is 21.9. The Hall–Kier alpha value is -1.16. The summed E-state index contributed by atoms with van der Waals surface area (Å²) < 4.78 is 0. The molecule has 1 aromatic heterocycles. The van der Waals surface area contributed by atoms with Crippen LogP contribution in [0.5, 0.6) is 0 Å². The van der Waals surface area contributed by atoms with Crippen molar-refractivity contribution in [3.8, 4) is 0 Å². The third kappa shape index (κ3) is 0.952. The van der Waals surface area contributed by atoms with Crippen LogP contribution in [-0.2, 0) is 0 Å². The second-order valence-corrected chi connectivity index (χ2v) is 2.70. The molecule has 0 aromatic carbocycles. The van der Waals surface area contributed by atoms with Crippen molar-refractivity contribution in [2.75, 3.05) is 5.32 Å². The van der Waals surface area contributed by atoms with E-state index in [0.717, 1.165) is 11.4 Å². The fourth-order valence-electron chi connectivity index (χ4n) is 1.04. The third-order valence-corrected chi connectivity index (χ3v) is 1.87. The maximum atomic E-state index is 5.86. The lowest BCUT2D eigenvalue weighted by molar-refractivity contribution is 0.994. The highest BCUT2D eigenvalue weighted by atomic mass is 35.5. The van der Waals surface area contributed by atoms with Crippen LogP contribution >= 0.6 is 11.6 Å². The Balaban J connectivity index is 2.45. The van der Waals surface area contributed by atoms with E-state index in [9.17, 15) is 0 Å². The average Bonchev–Trinajstić information content (AvgIpc) is 2.34. The van der Waals surface area contributed by atoms with Crippen LogP contribution in [0.1, 0.15) is 11.1 Å². The van der Waals surface area contributed by atoms with Gasteiger partial charge < -0.3 is 16.0 Å². The first-order valence-electron chi connectivity index (χ1n) is 3.19. The summed E-state index contributed by atoms with van der Waals surface area (Å²) in [5.41, 5.74) is 6.00. The van der Waals surface area contributed by atoms with E-state index < -0.39 is 0 Å². The number of aromatic amines is 1. The van der Waals surface area contributed by atoms with E-state index in [0.29, 0.717) is 5.96 Å². The number of hydrogen-bond donors (Lipinski definition) is 3. The maximum absolute atomic E-state index is 5.86. The lowest BCUT2D eigenvalue weighted by Crippen LogP contribution is -2.26. The van der Waals surface area contributed by atoms with Gasteiger partial charge in [-0.1, -0.05) is 11.6 Å². The van der Waals surface area contributed by atoms with Crippen LogP contribution in [-0.4, -0.2) is 10.9 Å². The van der Waals surface area contributed by atoms with Crippen molar-refractivity contribution in [3.63, 3.8) is 0 Å². The molecule has 0 bridgehead atoms. The first-order valence-corrected chi connectivity index (χ1v) is 3.62. The fourth-order valence-corrected chi connectivity index (χ4v) is 1.33. The molecule has 0 radical (unpaired) electrons. The molecular formula is C6H7ClN4. The second-order valence-electron chi connectivity index (χ2n) is 2.28. The minimum absolute atomic E-state index is 0.347. The van der Waals surface area contributed by atoms with E-state index in [1.54, 1.807) is 6.20 Å². The number of alkyl halides is 1. The molecule has 0 aliphatic carbocycles. The molecular weight excluding hydrogens is 164 g/mol. The number of aliphatic imine (C=N–C) groups is 1. The number of halogens is 1. The quantitative estimate of drug-likeness (QED) is 0.402. The van der Waals surface area contributed by atoms with Gasteiger partial charge in [0.15, 0.2) is 11.5 Å². The molecule has 1 aromatic rings. The van der Waals surface area contributed by atoms with Gasteiger partial charge in [0.1, 0.15) is 5.82 Å². The molecule has 58 valence electrons. The van der Waals surface area contributed by atoms with Gasteiger partial charge in [-0.15, -0.1) is 0 Å². The van der Waals surface area contributed by atoms with Gasteiger partial charge in [0, 0.05) is 11.8 Å². The number of hydrogen-bond acceptors (Lipinski definition) is 3. The highest BCUT2D eigenvalue weighted by Gasteiger charge is 2.17. The molecule has 5 heteroatoms. The minimum Gasteiger partial charge on any atom is -0.370 e. The summed E-state index contributed by atoms with van der Waals surface area (Å²) in [6.07, 6.45) is 1.79. The van der Waals surface area contributed by atoms with Crippen molar-refractivity contribution < 1.29 is 0 Å². The average molecular weight is 171 g/mol. The molecule has 0 fully saturated rings.